The first-order chi connectivity index (χ1) is 11.3. The molecule has 130 valence electrons. The summed E-state index contributed by atoms with van der Waals surface area (Å²) in [5.41, 5.74) is 1.22. The van der Waals surface area contributed by atoms with Gasteiger partial charge in [-0.15, -0.1) is 10.2 Å². The molecule has 1 N–H and O–H groups in total. The Labute approximate surface area is 135 Å². The number of β-amino-alcohol motifs (C(OH)–C–C–N with tert-alkyl or cyclic N) is 1. The molecule has 0 amide bonds. The van der Waals surface area contributed by atoms with Crippen molar-refractivity contribution in [3.8, 4) is 0 Å². The van der Waals surface area contributed by atoms with Crippen molar-refractivity contribution in [3.05, 3.63) is 46.8 Å². The van der Waals surface area contributed by atoms with E-state index >= 15 is 0 Å². The molecule has 0 fully saturated rings. The Morgan fingerprint density at radius 2 is 2.00 bits per heavy atom. The number of benzene rings is 1. The van der Waals surface area contributed by atoms with Crippen LogP contribution in [0.1, 0.15) is 28.9 Å². The topological polar surface area (TPSA) is 54.2 Å². The molecule has 0 aliphatic carbocycles. The van der Waals surface area contributed by atoms with Crippen LogP contribution in [0.4, 0.5) is 17.6 Å². The van der Waals surface area contributed by atoms with E-state index in [1.807, 2.05) is 0 Å². The van der Waals surface area contributed by atoms with Gasteiger partial charge in [-0.1, -0.05) is 6.07 Å². The third-order valence-electron chi connectivity index (χ3n) is 4.11. The fourth-order valence-corrected chi connectivity index (χ4v) is 2.93. The van der Waals surface area contributed by atoms with E-state index in [0.29, 0.717) is 17.7 Å². The SMILES string of the molecule is Cc1cc(F)ccc1C(O)CN1CCn2c(nnc2C(F)(F)F)C1. The minimum atomic E-state index is -4.53. The van der Waals surface area contributed by atoms with Crippen LogP contribution < -0.4 is 0 Å². The lowest BCUT2D eigenvalue weighted by atomic mass is 10.0. The van der Waals surface area contributed by atoms with Gasteiger partial charge in [0, 0.05) is 19.6 Å². The molecule has 0 saturated heterocycles. The first-order valence-electron chi connectivity index (χ1n) is 7.41. The Balaban J connectivity index is 1.71. The molecular weight excluding hydrogens is 328 g/mol. The van der Waals surface area contributed by atoms with Crippen LogP contribution in [0.25, 0.3) is 0 Å². The molecule has 2 heterocycles. The minimum Gasteiger partial charge on any atom is -0.387 e. The summed E-state index contributed by atoms with van der Waals surface area (Å²) in [6.45, 7) is 2.53. The van der Waals surface area contributed by atoms with Crippen LogP contribution in [0, 0.1) is 12.7 Å². The van der Waals surface area contributed by atoms with Gasteiger partial charge in [-0.25, -0.2) is 4.39 Å². The van der Waals surface area contributed by atoms with E-state index in [0.717, 1.165) is 4.57 Å². The van der Waals surface area contributed by atoms with E-state index in [2.05, 4.69) is 10.2 Å². The van der Waals surface area contributed by atoms with Crippen LogP contribution >= 0.6 is 0 Å². The molecule has 0 radical (unpaired) electrons. The summed E-state index contributed by atoms with van der Waals surface area (Å²) in [4.78, 5) is 1.80. The maximum absolute atomic E-state index is 13.1. The van der Waals surface area contributed by atoms with E-state index in [4.69, 9.17) is 0 Å². The van der Waals surface area contributed by atoms with E-state index in [-0.39, 0.29) is 31.3 Å². The number of halogens is 4. The van der Waals surface area contributed by atoms with Gasteiger partial charge in [0.05, 0.1) is 12.6 Å². The summed E-state index contributed by atoms with van der Waals surface area (Å²) in [5, 5.41) is 17.2. The average molecular weight is 344 g/mol. The van der Waals surface area contributed by atoms with Crippen LogP contribution in [0.15, 0.2) is 18.2 Å². The number of aryl methyl sites for hydroxylation is 1. The van der Waals surface area contributed by atoms with E-state index in [1.165, 1.54) is 18.2 Å². The number of hydrogen-bond donors (Lipinski definition) is 1. The molecular formula is C15H16F4N4O. The average Bonchev–Trinajstić information content (AvgIpc) is 2.90. The summed E-state index contributed by atoms with van der Waals surface area (Å²) >= 11 is 0. The predicted molar refractivity (Wildman–Crippen MR) is 76.4 cm³/mol. The largest absolute Gasteiger partial charge is 0.451 e. The minimum absolute atomic E-state index is 0.103. The quantitative estimate of drug-likeness (QED) is 0.868. The third kappa shape index (κ3) is 3.27. The number of aliphatic hydroxyl groups is 1. The number of aliphatic hydroxyl groups excluding tert-OH is 1. The zero-order valence-corrected chi connectivity index (χ0v) is 12.9. The highest BCUT2D eigenvalue weighted by atomic mass is 19.4. The Hall–Kier alpha value is -2.00. The molecule has 0 bridgehead atoms. The van der Waals surface area contributed by atoms with Crippen molar-refractivity contribution in [3.63, 3.8) is 0 Å². The highest BCUT2D eigenvalue weighted by Gasteiger charge is 2.39. The smallest absolute Gasteiger partial charge is 0.387 e. The van der Waals surface area contributed by atoms with Crippen molar-refractivity contribution in [2.24, 2.45) is 0 Å². The Bertz CT molecular complexity index is 744. The first kappa shape index (κ1) is 16.8. The standard InChI is InChI=1S/C15H16F4N4O/c1-9-6-10(16)2-3-11(9)12(24)7-22-4-5-23-13(8-22)20-21-14(23)15(17,18)19/h2-3,6,12,24H,4-5,7-8H2,1H3. The molecule has 0 spiro atoms. The van der Waals surface area contributed by atoms with Crippen molar-refractivity contribution in [2.75, 3.05) is 13.1 Å². The van der Waals surface area contributed by atoms with Crippen LogP contribution in [0.3, 0.4) is 0 Å². The van der Waals surface area contributed by atoms with Gasteiger partial charge in [-0.05, 0) is 30.2 Å². The van der Waals surface area contributed by atoms with Gasteiger partial charge in [0.2, 0.25) is 5.82 Å². The van der Waals surface area contributed by atoms with Crippen molar-refractivity contribution >= 4 is 0 Å². The Morgan fingerprint density at radius 3 is 2.67 bits per heavy atom. The lowest BCUT2D eigenvalue weighted by Crippen LogP contribution is -2.37. The normalized spacial score (nSPS) is 16.9. The predicted octanol–water partition coefficient (Wildman–Crippen LogP) is 2.29. The highest BCUT2D eigenvalue weighted by Crippen LogP contribution is 2.30. The van der Waals surface area contributed by atoms with Gasteiger partial charge >= 0.3 is 6.18 Å². The summed E-state index contributed by atoms with van der Waals surface area (Å²) < 4.78 is 52.6. The lowest BCUT2D eigenvalue weighted by molar-refractivity contribution is -0.148. The Morgan fingerprint density at radius 1 is 1.25 bits per heavy atom. The van der Waals surface area contributed by atoms with Gasteiger partial charge in [0.1, 0.15) is 11.6 Å². The monoisotopic (exact) mass is 344 g/mol. The van der Waals surface area contributed by atoms with Crippen molar-refractivity contribution in [1.82, 2.24) is 19.7 Å². The number of alkyl halides is 3. The van der Waals surface area contributed by atoms with Crippen molar-refractivity contribution < 1.29 is 22.7 Å². The highest BCUT2D eigenvalue weighted by molar-refractivity contribution is 5.28. The van der Waals surface area contributed by atoms with Crippen LogP contribution in [0.5, 0.6) is 0 Å². The second-order valence-electron chi connectivity index (χ2n) is 5.84. The number of nitrogens with zero attached hydrogens (tertiary/aromatic N) is 4. The van der Waals surface area contributed by atoms with E-state index in [1.54, 1.807) is 11.8 Å². The van der Waals surface area contributed by atoms with Crippen LogP contribution in [0.2, 0.25) is 0 Å². The number of rotatable bonds is 3. The molecule has 1 aliphatic rings. The van der Waals surface area contributed by atoms with Crippen molar-refractivity contribution in [2.45, 2.75) is 32.3 Å². The number of aromatic nitrogens is 3. The third-order valence-corrected chi connectivity index (χ3v) is 4.11. The molecule has 1 unspecified atom stereocenters. The van der Waals surface area contributed by atoms with Gasteiger partial charge in [-0.2, -0.15) is 13.2 Å². The maximum Gasteiger partial charge on any atom is 0.451 e. The number of hydrogen-bond acceptors (Lipinski definition) is 4. The molecule has 1 atom stereocenters. The van der Waals surface area contributed by atoms with Gasteiger partial charge in [-0.3, -0.25) is 4.90 Å². The molecule has 1 aliphatic heterocycles. The first-order valence-corrected chi connectivity index (χ1v) is 7.41. The van der Waals surface area contributed by atoms with Gasteiger partial charge in [0.25, 0.3) is 0 Å². The molecule has 3 rings (SSSR count). The second-order valence-corrected chi connectivity index (χ2v) is 5.84. The summed E-state index contributed by atoms with van der Waals surface area (Å²) in [6, 6.07) is 4.12. The lowest BCUT2D eigenvalue weighted by Gasteiger charge is -2.30. The fourth-order valence-electron chi connectivity index (χ4n) is 2.93. The zero-order valence-electron chi connectivity index (χ0n) is 12.9. The molecule has 5 nitrogen and oxygen atoms in total. The van der Waals surface area contributed by atoms with Gasteiger partial charge in [0.15, 0.2) is 0 Å². The Kier molecular flexibility index (Phi) is 4.31. The summed E-state index contributed by atoms with van der Waals surface area (Å²) in [7, 11) is 0. The molecule has 9 heteroatoms. The second kappa shape index (κ2) is 6.14. The molecule has 24 heavy (non-hydrogen) atoms. The number of fused-ring (bicyclic) bond motifs is 1. The van der Waals surface area contributed by atoms with Crippen molar-refractivity contribution in [1.29, 1.82) is 0 Å². The van der Waals surface area contributed by atoms with E-state index in [9.17, 15) is 22.7 Å². The molecule has 1 aromatic carbocycles. The molecule has 1 aromatic heterocycles. The zero-order chi connectivity index (χ0) is 17.5. The van der Waals surface area contributed by atoms with Gasteiger partial charge < -0.3 is 9.67 Å². The summed E-state index contributed by atoms with van der Waals surface area (Å²) in [6.07, 6.45) is -5.39. The maximum atomic E-state index is 13.1. The fraction of sp³-hybridized carbons (Fsp3) is 0.467. The van der Waals surface area contributed by atoms with Crippen LogP contribution in [-0.2, 0) is 19.3 Å². The summed E-state index contributed by atoms with van der Waals surface area (Å²) in [5.74, 6) is -1.15. The van der Waals surface area contributed by atoms with E-state index < -0.39 is 18.1 Å². The molecule has 0 saturated carbocycles. The van der Waals surface area contributed by atoms with Crippen LogP contribution in [-0.4, -0.2) is 37.9 Å². The molecule has 2 aromatic rings.